The molecule has 5 nitrogen and oxygen atoms in total. The molecule has 6 heteroatoms. The maximum atomic E-state index is 5.88. The quantitative estimate of drug-likeness (QED) is 0.726. The zero-order valence-corrected chi connectivity index (χ0v) is 13.0. The average Bonchev–Trinajstić information content (AvgIpc) is 2.97. The van der Waals surface area contributed by atoms with Gasteiger partial charge in [0.05, 0.1) is 0 Å². The van der Waals surface area contributed by atoms with Crippen molar-refractivity contribution in [3.05, 3.63) is 65.2 Å². The molecule has 0 atom stereocenters. The number of rotatable bonds is 5. The van der Waals surface area contributed by atoms with Crippen molar-refractivity contribution >= 4 is 11.6 Å². The van der Waals surface area contributed by atoms with Crippen molar-refractivity contribution in [2.75, 3.05) is 7.05 Å². The van der Waals surface area contributed by atoms with Gasteiger partial charge in [0, 0.05) is 17.1 Å². The SMILES string of the molecule is CN(Cc1ccccc1)Cn1nnc(-c2ccc(Cl)cc2)n1. The van der Waals surface area contributed by atoms with Crippen molar-refractivity contribution in [1.82, 2.24) is 25.1 Å². The molecule has 0 aliphatic rings. The fourth-order valence-corrected chi connectivity index (χ4v) is 2.30. The average molecular weight is 314 g/mol. The van der Waals surface area contributed by atoms with Crippen LogP contribution in [-0.4, -0.2) is 32.2 Å². The monoisotopic (exact) mass is 313 g/mol. The summed E-state index contributed by atoms with van der Waals surface area (Å²) in [4.78, 5) is 3.72. The molecule has 0 radical (unpaired) electrons. The molecule has 0 saturated carbocycles. The zero-order valence-electron chi connectivity index (χ0n) is 12.2. The molecule has 0 amide bonds. The molecule has 0 N–H and O–H groups in total. The lowest BCUT2D eigenvalue weighted by Gasteiger charge is -2.15. The largest absolute Gasteiger partial charge is 0.282 e. The summed E-state index contributed by atoms with van der Waals surface area (Å²) in [5.41, 5.74) is 2.16. The van der Waals surface area contributed by atoms with Crippen LogP contribution in [0.25, 0.3) is 11.4 Å². The Morgan fingerprint density at radius 2 is 1.77 bits per heavy atom. The van der Waals surface area contributed by atoms with Gasteiger partial charge < -0.3 is 0 Å². The molecule has 0 unspecified atom stereocenters. The van der Waals surface area contributed by atoms with Gasteiger partial charge in [-0.3, -0.25) is 4.90 Å². The lowest BCUT2D eigenvalue weighted by molar-refractivity contribution is 0.227. The van der Waals surface area contributed by atoms with E-state index in [0.29, 0.717) is 17.5 Å². The van der Waals surface area contributed by atoms with Crippen molar-refractivity contribution in [1.29, 1.82) is 0 Å². The van der Waals surface area contributed by atoms with E-state index in [1.165, 1.54) is 5.56 Å². The maximum absolute atomic E-state index is 5.88. The molecule has 1 heterocycles. The van der Waals surface area contributed by atoms with Crippen molar-refractivity contribution in [2.45, 2.75) is 13.2 Å². The third-order valence-corrected chi connectivity index (χ3v) is 3.47. The first-order valence-electron chi connectivity index (χ1n) is 6.97. The standard InChI is InChI=1S/C16H16ClN5/c1-21(11-13-5-3-2-4-6-13)12-22-19-16(18-20-22)14-7-9-15(17)10-8-14/h2-10H,11-12H2,1H3. The molecule has 0 fully saturated rings. The zero-order chi connectivity index (χ0) is 15.4. The molecule has 0 aliphatic carbocycles. The van der Waals surface area contributed by atoms with E-state index in [4.69, 9.17) is 11.6 Å². The molecule has 22 heavy (non-hydrogen) atoms. The second kappa shape index (κ2) is 6.68. The van der Waals surface area contributed by atoms with Gasteiger partial charge >= 0.3 is 0 Å². The maximum Gasteiger partial charge on any atom is 0.204 e. The van der Waals surface area contributed by atoms with Crippen LogP contribution in [0.1, 0.15) is 5.56 Å². The Labute approximate surface area is 134 Å². The summed E-state index contributed by atoms with van der Waals surface area (Å²) in [7, 11) is 2.03. The van der Waals surface area contributed by atoms with E-state index in [9.17, 15) is 0 Å². The Morgan fingerprint density at radius 3 is 2.50 bits per heavy atom. The highest BCUT2D eigenvalue weighted by Gasteiger charge is 2.08. The minimum Gasteiger partial charge on any atom is -0.282 e. The summed E-state index contributed by atoms with van der Waals surface area (Å²) in [5.74, 6) is 0.602. The van der Waals surface area contributed by atoms with Crippen LogP contribution in [0, 0.1) is 0 Å². The highest BCUT2D eigenvalue weighted by Crippen LogP contribution is 2.17. The van der Waals surface area contributed by atoms with E-state index in [1.54, 1.807) is 4.80 Å². The Hall–Kier alpha value is -2.24. The number of hydrogen-bond donors (Lipinski definition) is 0. The Kier molecular flexibility index (Phi) is 4.46. The van der Waals surface area contributed by atoms with E-state index < -0.39 is 0 Å². The molecule has 0 aliphatic heterocycles. The number of tetrazole rings is 1. The first kappa shape index (κ1) is 14.7. The Morgan fingerprint density at radius 1 is 1.05 bits per heavy atom. The molecule has 0 spiro atoms. The summed E-state index contributed by atoms with van der Waals surface area (Å²) < 4.78 is 0. The van der Waals surface area contributed by atoms with Gasteiger partial charge in [-0.1, -0.05) is 41.9 Å². The van der Waals surface area contributed by atoms with Crippen LogP contribution in [0.15, 0.2) is 54.6 Å². The normalized spacial score (nSPS) is 11.0. The van der Waals surface area contributed by atoms with Gasteiger partial charge in [-0.15, -0.1) is 15.0 Å². The van der Waals surface area contributed by atoms with E-state index in [2.05, 4.69) is 32.4 Å². The Bertz CT molecular complexity index is 724. The van der Waals surface area contributed by atoms with Crippen LogP contribution in [-0.2, 0) is 13.2 Å². The minimum atomic E-state index is 0.579. The number of benzene rings is 2. The van der Waals surface area contributed by atoms with Gasteiger partial charge in [0.1, 0.15) is 6.67 Å². The summed E-state index contributed by atoms with van der Waals surface area (Å²) in [6, 6.07) is 17.7. The van der Waals surface area contributed by atoms with Crippen molar-refractivity contribution < 1.29 is 0 Å². The first-order chi connectivity index (χ1) is 10.7. The number of halogens is 1. The van der Waals surface area contributed by atoms with Crippen LogP contribution in [0.2, 0.25) is 5.02 Å². The summed E-state index contributed by atoms with van der Waals surface area (Å²) in [6.45, 7) is 1.41. The van der Waals surface area contributed by atoms with Crippen molar-refractivity contribution in [3.8, 4) is 11.4 Å². The van der Waals surface area contributed by atoms with Gasteiger partial charge in [-0.25, -0.2) is 0 Å². The van der Waals surface area contributed by atoms with Crippen LogP contribution in [0.3, 0.4) is 0 Å². The second-order valence-corrected chi connectivity index (χ2v) is 5.57. The molecule has 3 rings (SSSR count). The molecule has 1 aromatic heterocycles. The summed E-state index contributed by atoms with van der Waals surface area (Å²) in [5, 5.41) is 13.3. The van der Waals surface area contributed by atoms with Crippen molar-refractivity contribution in [2.24, 2.45) is 0 Å². The van der Waals surface area contributed by atoms with Gasteiger partial charge in [-0.05, 0) is 42.1 Å². The predicted molar refractivity (Wildman–Crippen MR) is 86.2 cm³/mol. The van der Waals surface area contributed by atoms with Crippen LogP contribution in [0.5, 0.6) is 0 Å². The molecular weight excluding hydrogens is 298 g/mol. The third-order valence-electron chi connectivity index (χ3n) is 3.22. The highest BCUT2D eigenvalue weighted by atomic mass is 35.5. The lowest BCUT2D eigenvalue weighted by Crippen LogP contribution is -2.23. The van der Waals surface area contributed by atoms with Gasteiger partial charge in [0.15, 0.2) is 0 Å². The summed E-state index contributed by atoms with van der Waals surface area (Å²) >= 11 is 5.88. The van der Waals surface area contributed by atoms with E-state index >= 15 is 0 Å². The van der Waals surface area contributed by atoms with Crippen LogP contribution in [0.4, 0.5) is 0 Å². The molecule has 112 valence electrons. The van der Waals surface area contributed by atoms with Crippen molar-refractivity contribution in [3.63, 3.8) is 0 Å². The van der Waals surface area contributed by atoms with E-state index in [-0.39, 0.29) is 0 Å². The number of aromatic nitrogens is 4. The molecular formula is C16H16ClN5. The van der Waals surface area contributed by atoms with Gasteiger partial charge in [0.2, 0.25) is 5.82 Å². The van der Waals surface area contributed by atoms with Gasteiger partial charge in [-0.2, -0.15) is 0 Å². The fraction of sp³-hybridized carbons (Fsp3) is 0.188. The second-order valence-electron chi connectivity index (χ2n) is 5.13. The van der Waals surface area contributed by atoms with Crippen LogP contribution >= 0.6 is 11.6 Å². The molecule has 2 aromatic carbocycles. The van der Waals surface area contributed by atoms with Crippen LogP contribution < -0.4 is 0 Å². The third kappa shape index (κ3) is 3.69. The number of nitrogens with zero attached hydrogens (tertiary/aromatic N) is 5. The fourth-order valence-electron chi connectivity index (χ4n) is 2.18. The Balaban J connectivity index is 1.65. The predicted octanol–water partition coefficient (Wildman–Crippen LogP) is 3.08. The summed E-state index contributed by atoms with van der Waals surface area (Å²) in [6.07, 6.45) is 0. The topological polar surface area (TPSA) is 46.8 Å². The van der Waals surface area contributed by atoms with Gasteiger partial charge in [0.25, 0.3) is 0 Å². The van der Waals surface area contributed by atoms with E-state index in [1.807, 2.05) is 49.5 Å². The molecule has 0 saturated heterocycles. The smallest absolute Gasteiger partial charge is 0.204 e. The van der Waals surface area contributed by atoms with E-state index in [0.717, 1.165) is 12.1 Å². The highest BCUT2D eigenvalue weighted by molar-refractivity contribution is 6.30. The first-order valence-corrected chi connectivity index (χ1v) is 7.35. The molecule has 3 aromatic rings. The minimum absolute atomic E-state index is 0.579. The number of hydrogen-bond acceptors (Lipinski definition) is 4. The molecule has 0 bridgehead atoms. The lowest BCUT2D eigenvalue weighted by atomic mass is 10.2.